The van der Waals surface area contributed by atoms with E-state index in [2.05, 4.69) is 0 Å². The monoisotopic (exact) mass is 240 g/mol. The van der Waals surface area contributed by atoms with Crippen LogP contribution in [0, 0.1) is 0 Å². The molecule has 0 aliphatic heterocycles. The molecule has 13 heavy (non-hydrogen) atoms. The van der Waals surface area contributed by atoms with Crippen LogP contribution in [0.15, 0.2) is 0 Å². The maximum Gasteiger partial charge on any atom is 0.387 e. The van der Waals surface area contributed by atoms with Gasteiger partial charge in [-0.1, -0.05) is 11.9 Å². The fourth-order valence-electron chi connectivity index (χ4n) is 0.119. The van der Waals surface area contributed by atoms with E-state index in [1.807, 2.05) is 26.0 Å². The van der Waals surface area contributed by atoms with Crippen molar-refractivity contribution in [3.8, 4) is 0 Å². The molecule has 0 saturated heterocycles. The number of hydrogen-bond donors (Lipinski definition) is 1. The van der Waals surface area contributed by atoms with E-state index in [-0.39, 0.29) is 4.13 Å². The van der Waals surface area contributed by atoms with Crippen molar-refractivity contribution >= 4 is 20.8 Å². The second-order valence-electron chi connectivity index (χ2n) is 2.30. The van der Waals surface area contributed by atoms with E-state index in [9.17, 15) is 24.6 Å². The molecule has 0 spiro atoms. The van der Waals surface area contributed by atoms with Gasteiger partial charge in [-0.25, -0.2) is 0 Å². The molecular formula is C3H10F2N2O4S2. The van der Waals surface area contributed by atoms with Crippen LogP contribution in [0.4, 0.5) is 7.77 Å². The lowest BCUT2D eigenvalue weighted by molar-refractivity contribution is 0.505. The highest BCUT2D eigenvalue weighted by Gasteiger charge is 2.17. The molecule has 0 fully saturated rings. The van der Waals surface area contributed by atoms with E-state index in [1.165, 1.54) is 0 Å². The molecule has 0 amide bonds. The van der Waals surface area contributed by atoms with Crippen molar-refractivity contribution in [3.05, 3.63) is 0 Å². The Kier molecular flexibility index (Phi) is 6.32. The van der Waals surface area contributed by atoms with Gasteiger partial charge < -0.3 is 4.90 Å². The fraction of sp³-hybridized carbons (Fsp3) is 1.00. The van der Waals surface area contributed by atoms with Crippen molar-refractivity contribution in [1.29, 1.82) is 0 Å². The van der Waals surface area contributed by atoms with Crippen molar-refractivity contribution in [2.24, 2.45) is 0 Å². The lowest BCUT2D eigenvalue weighted by Crippen LogP contribution is -2.23. The third kappa shape index (κ3) is 33.9. The average Bonchev–Trinajstić information content (AvgIpc) is 1.47. The van der Waals surface area contributed by atoms with Gasteiger partial charge in [-0.2, -0.15) is 16.8 Å². The van der Waals surface area contributed by atoms with Gasteiger partial charge in [0.25, 0.3) is 0 Å². The lowest BCUT2D eigenvalue weighted by Gasteiger charge is -1.90. The van der Waals surface area contributed by atoms with E-state index in [1.54, 1.807) is 0 Å². The second kappa shape index (κ2) is 5.42. The second-order valence-corrected chi connectivity index (χ2v) is 4.72. The quantitative estimate of drug-likeness (QED) is 0.638. The molecule has 0 aromatic heterocycles. The molecule has 6 nitrogen and oxygen atoms in total. The van der Waals surface area contributed by atoms with Crippen LogP contribution in [0.1, 0.15) is 0 Å². The van der Waals surface area contributed by atoms with Crippen LogP contribution in [0.2, 0.25) is 0 Å². The molecule has 0 atom stereocenters. The Morgan fingerprint density at radius 2 is 1.08 bits per heavy atom. The Morgan fingerprint density at radius 3 is 1.08 bits per heavy atom. The summed E-state index contributed by atoms with van der Waals surface area (Å²) in [4.78, 5) is 2.00. The van der Waals surface area contributed by atoms with Crippen molar-refractivity contribution < 1.29 is 24.6 Å². The highest BCUT2D eigenvalue weighted by Crippen LogP contribution is 1.90. The van der Waals surface area contributed by atoms with E-state index in [0.717, 1.165) is 0 Å². The Morgan fingerprint density at radius 1 is 0.923 bits per heavy atom. The molecule has 0 heterocycles. The van der Waals surface area contributed by atoms with Crippen molar-refractivity contribution in [3.63, 3.8) is 0 Å². The molecule has 10 heteroatoms. The maximum atomic E-state index is 11.1. The molecule has 0 unspecified atom stereocenters. The highest BCUT2D eigenvalue weighted by molar-refractivity contribution is 7.99. The van der Waals surface area contributed by atoms with Gasteiger partial charge >= 0.3 is 20.8 Å². The standard InChI is InChI=1S/C3H9N.F2HNO4S2/c1-4(2)3;1-8(4,5)3-9(2,6)7/h1-3H3;3H. The largest absolute Gasteiger partial charge is 0.387 e. The molecule has 0 rings (SSSR count). The molecule has 0 aliphatic carbocycles. The number of halogens is 2. The summed E-state index contributed by atoms with van der Waals surface area (Å²) in [7, 11) is -4.99. The first-order chi connectivity index (χ1) is 5.44. The Hall–Kier alpha value is -0.320. The normalized spacial score (nSPS) is 12.2. The number of nitrogens with zero attached hydrogens (tertiary/aromatic N) is 1. The highest BCUT2D eigenvalue weighted by atomic mass is 32.3. The molecular weight excluding hydrogens is 230 g/mol. The van der Waals surface area contributed by atoms with Gasteiger partial charge in [-0.15, -0.1) is 0 Å². The first-order valence-corrected chi connectivity index (χ1v) is 5.49. The van der Waals surface area contributed by atoms with Gasteiger partial charge in [-0.3, -0.25) is 0 Å². The van der Waals surface area contributed by atoms with Crippen LogP contribution in [-0.2, 0) is 20.8 Å². The van der Waals surface area contributed by atoms with Crippen LogP contribution >= 0.6 is 0 Å². The van der Waals surface area contributed by atoms with E-state index in [0.29, 0.717) is 0 Å². The summed E-state index contributed by atoms with van der Waals surface area (Å²) >= 11 is 0. The minimum Gasteiger partial charge on any atom is -0.312 e. The van der Waals surface area contributed by atoms with E-state index in [4.69, 9.17) is 0 Å². The molecule has 0 aromatic rings. The minimum absolute atomic E-state index is 0.0694. The smallest absolute Gasteiger partial charge is 0.312 e. The predicted octanol–water partition coefficient (Wildman–Crippen LogP) is -0.818. The third-order valence-corrected chi connectivity index (χ3v) is 1.79. The SMILES string of the molecule is CN(C)C.O=S(=O)(F)NS(=O)(=O)F. The first-order valence-electron chi connectivity index (χ1n) is 2.73. The van der Waals surface area contributed by atoms with Gasteiger partial charge in [0, 0.05) is 0 Å². The minimum atomic E-state index is -5.49. The van der Waals surface area contributed by atoms with Crippen molar-refractivity contribution in [2.45, 2.75) is 0 Å². The molecule has 0 bridgehead atoms. The summed E-state index contributed by atoms with van der Waals surface area (Å²) in [6, 6.07) is 0. The van der Waals surface area contributed by atoms with Gasteiger partial charge in [-0.05, 0) is 21.1 Å². The van der Waals surface area contributed by atoms with Crippen LogP contribution in [-0.4, -0.2) is 42.9 Å². The van der Waals surface area contributed by atoms with Crippen LogP contribution < -0.4 is 4.13 Å². The molecule has 82 valence electrons. The summed E-state index contributed by atoms with van der Waals surface area (Å²) in [6.45, 7) is 0. The molecule has 1 N–H and O–H groups in total. The average molecular weight is 240 g/mol. The van der Waals surface area contributed by atoms with Gasteiger partial charge in [0.05, 0.1) is 0 Å². The van der Waals surface area contributed by atoms with Gasteiger partial charge in [0.1, 0.15) is 0 Å². The zero-order chi connectivity index (χ0) is 11.3. The molecule has 0 saturated carbocycles. The molecule has 0 radical (unpaired) electrons. The zero-order valence-electron chi connectivity index (χ0n) is 7.15. The zero-order valence-corrected chi connectivity index (χ0v) is 8.79. The third-order valence-electron chi connectivity index (χ3n) is 0.199. The lowest BCUT2D eigenvalue weighted by atomic mass is 11.0. The number of hydrogen-bond acceptors (Lipinski definition) is 5. The number of nitrogens with one attached hydrogen (secondary N) is 1. The number of rotatable bonds is 2. The molecule has 0 aliphatic rings. The molecule has 0 aromatic carbocycles. The van der Waals surface area contributed by atoms with Crippen LogP contribution in [0.25, 0.3) is 0 Å². The van der Waals surface area contributed by atoms with Gasteiger partial charge in [0.15, 0.2) is 0 Å². The first kappa shape index (κ1) is 15.2. The summed E-state index contributed by atoms with van der Waals surface area (Å²) in [5, 5.41) is 0. The predicted molar refractivity (Wildman–Crippen MR) is 42.8 cm³/mol. The van der Waals surface area contributed by atoms with Crippen LogP contribution in [0.5, 0.6) is 0 Å². The summed E-state index contributed by atoms with van der Waals surface area (Å²) < 4.78 is 59.3. The van der Waals surface area contributed by atoms with E-state index >= 15 is 0 Å². The van der Waals surface area contributed by atoms with Crippen molar-refractivity contribution in [1.82, 2.24) is 9.03 Å². The Labute approximate surface area is 76.2 Å². The summed E-state index contributed by atoms with van der Waals surface area (Å²) in [5.74, 6) is 0. The fourth-order valence-corrected chi connectivity index (χ4v) is 1.07. The van der Waals surface area contributed by atoms with Gasteiger partial charge in [0.2, 0.25) is 0 Å². The maximum absolute atomic E-state index is 11.1. The van der Waals surface area contributed by atoms with Crippen molar-refractivity contribution in [2.75, 3.05) is 21.1 Å². The Balaban J connectivity index is 0. The van der Waals surface area contributed by atoms with Crippen LogP contribution in [0.3, 0.4) is 0 Å². The Bertz CT molecular complexity index is 289. The summed E-state index contributed by atoms with van der Waals surface area (Å²) in [5.41, 5.74) is 0. The van der Waals surface area contributed by atoms with E-state index < -0.39 is 20.8 Å². The summed E-state index contributed by atoms with van der Waals surface area (Å²) in [6.07, 6.45) is 0. The topological polar surface area (TPSA) is 83.6 Å².